The van der Waals surface area contributed by atoms with Gasteiger partial charge in [0, 0.05) is 17.8 Å². The van der Waals surface area contributed by atoms with Crippen LogP contribution in [0.3, 0.4) is 0 Å². The normalized spacial score (nSPS) is 33.9. The molecule has 3 fully saturated rings. The fraction of sp³-hybridized carbons (Fsp3) is 0.815. The van der Waals surface area contributed by atoms with E-state index in [1.807, 2.05) is 25.7 Å². The zero-order valence-electron chi connectivity index (χ0n) is 22.2. The Morgan fingerprint density at radius 1 is 1.34 bits per heavy atom. The average Bonchev–Trinajstić information content (AvgIpc) is 3.42. The summed E-state index contributed by atoms with van der Waals surface area (Å²) in [5.74, 6) is -1.68. The maximum Gasteiger partial charge on any atom is 0.310 e. The number of likely N-dealkylation sites (tertiary alicyclic amines) is 1. The highest BCUT2D eigenvalue weighted by Gasteiger charge is 2.77. The van der Waals surface area contributed by atoms with Gasteiger partial charge in [0.2, 0.25) is 11.8 Å². The molecule has 7 nitrogen and oxygen atoms in total. The van der Waals surface area contributed by atoms with Crippen molar-refractivity contribution in [2.24, 2.45) is 23.7 Å². The summed E-state index contributed by atoms with van der Waals surface area (Å²) in [5, 5.41) is 10.4. The summed E-state index contributed by atoms with van der Waals surface area (Å²) in [6.07, 6.45) is 5.07. The second-order valence-electron chi connectivity index (χ2n) is 10.6. The molecular weight excluding hydrogens is 464 g/mol. The summed E-state index contributed by atoms with van der Waals surface area (Å²) in [6, 6.07) is -1.22. The minimum atomic E-state index is -0.727. The summed E-state index contributed by atoms with van der Waals surface area (Å²) in [4.78, 5) is 45.4. The van der Waals surface area contributed by atoms with E-state index in [4.69, 9.17) is 4.74 Å². The lowest BCUT2D eigenvalue weighted by molar-refractivity contribution is -0.154. The number of hydrogen-bond donors (Lipinski definition) is 1. The van der Waals surface area contributed by atoms with E-state index in [2.05, 4.69) is 20.4 Å². The molecule has 9 atom stereocenters. The van der Waals surface area contributed by atoms with E-state index < -0.39 is 28.7 Å². The van der Waals surface area contributed by atoms with Crippen molar-refractivity contribution in [2.45, 2.75) is 95.3 Å². The maximum atomic E-state index is 14.5. The first-order valence-electron chi connectivity index (χ1n) is 13.3. The van der Waals surface area contributed by atoms with Crippen molar-refractivity contribution in [1.29, 1.82) is 0 Å². The molecule has 2 amide bonds. The van der Waals surface area contributed by atoms with Gasteiger partial charge >= 0.3 is 5.97 Å². The molecule has 0 saturated carbocycles. The third kappa shape index (κ3) is 4.43. The van der Waals surface area contributed by atoms with Gasteiger partial charge in [0.1, 0.15) is 6.04 Å². The largest absolute Gasteiger partial charge is 0.466 e. The predicted molar refractivity (Wildman–Crippen MR) is 139 cm³/mol. The topological polar surface area (TPSA) is 87.2 Å². The van der Waals surface area contributed by atoms with Gasteiger partial charge in [0.25, 0.3) is 0 Å². The summed E-state index contributed by atoms with van der Waals surface area (Å²) in [5.41, 5.74) is 0. The van der Waals surface area contributed by atoms with Crippen LogP contribution in [0, 0.1) is 23.7 Å². The smallest absolute Gasteiger partial charge is 0.310 e. The molecule has 0 aromatic carbocycles. The first-order valence-corrected chi connectivity index (χ1v) is 14.2. The van der Waals surface area contributed by atoms with E-state index in [-0.39, 0.29) is 54.1 Å². The maximum absolute atomic E-state index is 14.5. The second kappa shape index (κ2) is 11.2. The average molecular weight is 509 g/mol. The highest BCUT2D eigenvalue weighted by molar-refractivity contribution is 8.02. The van der Waals surface area contributed by atoms with E-state index in [9.17, 15) is 19.5 Å². The number of thioether (sulfide) groups is 1. The van der Waals surface area contributed by atoms with Gasteiger partial charge in [-0.05, 0) is 38.5 Å². The predicted octanol–water partition coefficient (Wildman–Crippen LogP) is 3.50. The Labute approximate surface area is 215 Å². The molecule has 3 aliphatic heterocycles. The molecule has 0 aromatic heterocycles. The molecular formula is C27H44N2O5S. The van der Waals surface area contributed by atoms with Crippen LogP contribution < -0.4 is 0 Å². The number of rotatable bonds is 12. The summed E-state index contributed by atoms with van der Waals surface area (Å²) in [6.45, 7) is 16.4. The molecule has 198 valence electrons. The molecule has 1 spiro atoms. The number of amides is 2. The van der Waals surface area contributed by atoms with Crippen molar-refractivity contribution in [3.63, 3.8) is 0 Å². The molecule has 4 unspecified atom stereocenters. The van der Waals surface area contributed by atoms with Crippen molar-refractivity contribution in [3.8, 4) is 0 Å². The van der Waals surface area contributed by atoms with Crippen LogP contribution in [0.2, 0.25) is 0 Å². The Hall–Kier alpha value is -1.54. The fourth-order valence-electron chi connectivity index (χ4n) is 6.77. The van der Waals surface area contributed by atoms with Gasteiger partial charge in [-0.15, -0.1) is 18.3 Å². The minimum absolute atomic E-state index is 0.00570. The SMILES string of the molecule is C=CCN(C(=O)C1N([C@@H](CO)[C@@H](C)CC)C(=O)[C@@H]2[C@@H](C(=O)OCC)[C@H]3CC(C)C12S3)C(C)CCC. The lowest BCUT2D eigenvalue weighted by atomic mass is 9.66. The van der Waals surface area contributed by atoms with Gasteiger partial charge in [-0.2, -0.15) is 0 Å². The minimum Gasteiger partial charge on any atom is -0.466 e. The molecule has 0 aliphatic carbocycles. The molecule has 3 saturated heterocycles. The number of aliphatic hydroxyl groups excluding tert-OH is 1. The molecule has 0 aromatic rings. The highest BCUT2D eigenvalue weighted by Crippen LogP contribution is 2.69. The highest BCUT2D eigenvalue weighted by atomic mass is 32.2. The lowest BCUT2D eigenvalue weighted by Crippen LogP contribution is -2.61. The molecule has 1 N–H and O–H groups in total. The molecule has 3 aliphatic rings. The van der Waals surface area contributed by atoms with E-state index >= 15 is 0 Å². The van der Waals surface area contributed by atoms with E-state index in [0.717, 1.165) is 25.7 Å². The Balaban J connectivity index is 2.17. The number of fused-ring (bicyclic) bond motifs is 1. The fourth-order valence-corrected chi connectivity index (χ4v) is 9.16. The molecule has 8 heteroatoms. The van der Waals surface area contributed by atoms with Gasteiger partial charge in [-0.3, -0.25) is 14.4 Å². The Bertz CT molecular complexity index is 821. The second-order valence-corrected chi connectivity index (χ2v) is 12.2. The summed E-state index contributed by atoms with van der Waals surface area (Å²) < 4.78 is 4.72. The van der Waals surface area contributed by atoms with E-state index in [1.165, 1.54) is 0 Å². The van der Waals surface area contributed by atoms with Crippen molar-refractivity contribution < 1.29 is 24.2 Å². The molecule has 2 bridgehead atoms. The number of nitrogens with zero attached hydrogens (tertiary/aromatic N) is 2. The van der Waals surface area contributed by atoms with Gasteiger partial charge in [0.15, 0.2) is 0 Å². The number of carbonyl (C=O) groups is 3. The Morgan fingerprint density at radius 3 is 2.57 bits per heavy atom. The van der Waals surface area contributed by atoms with Crippen LogP contribution in [0.4, 0.5) is 0 Å². The monoisotopic (exact) mass is 508 g/mol. The van der Waals surface area contributed by atoms with E-state index in [0.29, 0.717) is 6.54 Å². The quantitative estimate of drug-likeness (QED) is 0.321. The molecule has 35 heavy (non-hydrogen) atoms. The van der Waals surface area contributed by atoms with Crippen LogP contribution in [0.15, 0.2) is 12.7 Å². The number of hydrogen-bond acceptors (Lipinski definition) is 6. The van der Waals surface area contributed by atoms with Crippen molar-refractivity contribution >= 4 is 29.5 Å². The molecule has 0 radical (unpaired) electrons. The third-order valence-corrected chi connectivity index (χ3v) is 10.7. The summed E-state index contributed by atoms with van der Waals surface area (Å²) >= 11 is 1.65. The van der Waals surface area contributed by atoms with Gasteiger partial charge < -0.3 is 19.6 Å². The standard InChI is InChI=1S/C27H44N2O5S/c1-8-12-18(7)28(13-9-2)25(32)23-27-17(6)14-20(35-27)21(26(33)34-11-4)22(27)24(31)29(23)19(15-30)16(5)10-3/h9,16-23,30H,2,8,10-15H2,1,3-7H3/t16-,17?,18?,19-,20+,21-,22-,23?,27?/m0/s1. The van der Waals surface area contributed by atoms with Crippen LogP contribution in [0.25, 0.3) is 0 Å². The first-order chi connectivity index (χ1) is 16.7. The van der Waals surface area contributed by atoms with Crippen LogP contribution in [-0.4, -0.2) is 80.6 Å². The Kier molecular flexibility index (Phi) is 9.01. The van der Waals surface area contributed by atoms with E-state index in [1.54, 1.807) is 29.7 Å². The zero-order valence-corrected chi connectivity index (χ0v) is 23.1. The zero-order chi connectivity index (χ0) is 26.1. The van der Waals surface area contributed by atoms with Crippen LogP contribution in [0.5, 0.6) is 0 Å². The van der Waals surface area contributed by atoms with Gasteiger partial charge in [-0.1, -0.05) is 46.6 Å². The summed E-state index contributed by atoms with van der Waals surface area (Å²) in [7, 11) is 0. The first kappa shape index (κ1) is 28.0. The van der Waals surface area contributed by atoms with Crippen molar-refractivity contribution in [3.05, 3.63) is 12.7 Å². The lowest BCUT2D eigenvalue weighted by Gasteiger charge is -2.44. The number of esters is 1. The molecule has 3 rings (SSSR count). The Morgan fingerprint density at radius 2 is 2.03 bits per heavy atom. The van der Waals surface area contributed by atoms with Crippen LogP contribution in [0.1, 0.15) is 67.2 Å². The number of aliphatic hydroxyl groups is 1. The van der Waals surface area contributed by atoms with Crippen LogP contribution in [-0.2, 0) is 19.1 Å². The van der Waals surface area contributed by atoms with Crippen LogP contribution >= 0.6 is 11.8 Å². The van der Waals surface area contributed by atoms with Gasteiger partial charge in [0.05, 0.1) is 35.8 Å². The van der Waals surface area contributed by atoms with Crippen molar-refractivity contribution in [2.75, 3.05) is 19.8 Å². The van der Waals surface area contributed by atoms with Gasteiger partial charge in [-0.25, -0.2) is 0 Å². The number of ether oxygens (including phenoxy) is 1. The van der Waals surface area contributed by atoms with Crippen molar-refractivity contribution in [1.82, 2.24) is 9.80 Å². The molecule has 3 heterocycles. The number of carbonyl (C=O) groups excluding carboxylic acids is 3. The third-order valence-electron chi connectivity index (χ3n) is 8.67.